The lowest BCUT2D eigenvalue weighted by Crippen LogP contribution is -2.11. The highest BCUT2D eigenvalue weighted by Gasteiger charge is 2.07. The number of phenolic OH excluding ortho intramolecular Hbond substituents is 1. The number of carbonyl (C=O) groups is 1. The number of hydrogen-bond acceptors (Lipinski definition) is 6. The third-order valence-corrected chi connectivity index (χ3v) is 2.78. The number of rotatable bonds is 6. The number of esters is 1. The second-order valence-electron chi connectivity index (χ2n) is 4.46. The van der Waals surface area contributed by atoms with Gasteiger partial charge in [0.25, 0.3) is 5.09 Å². The van der Waals surface area contributed by atoms with Gasteiger partial charge in [-0.25, -0.2) is 0 Å². The van der Waals surface area contributed by atoms with Gasteiger partial charge < -0.3 is 14.7 Å². The molecule has 0 radical (unpaired) electrons. The first-order chi connectivity index (χ1) is 10.5. The summed E-state index contributed by atoms with van der Waals surface area (Å²) in [4.78, 5) is 26.1. The summed E-state index contributed by atoms with van der Waals surface area (Å²) in [5, 5.41) is 18.4. The van der Waals surface area contributed by atoms with Crippen molar-refractivity contribution in [3.8, 4) is 11.5 Å². The average Bonchev–Trinajstić information content (AvgIpc) is 2.49. The van der Waals surface area contributed by atoms with Crippen LogP contribution in [0.5, 0.6) is 11.5 Å². The molecular weight excluding hydrogens is 290 g/mol. The molecule has 0 amide bonds. The topological polar surface area (TPSA) is 98.9 Å². The highest BCUT2D eigenvalue weighted by molar-refractivity contribution is 5.75. The lowest BCUT2D eigenvalue weighted by molar-refractivity contribution is -0.763. The summed E-state index contributed by atoms with van der Waals surface area (Å²) in [6, 6.07) is 12.5. The predicted molar refractivity (Wildman–Crippen MR) is 75.7 cm³/mol. The van der Waals surface area contributed by atoms with Gasteiger partial charge in [0.2, 0.25) is 0 Å². The first-order valence-corrected chi connectivity index (χ1v) is 6.38. The van der Waals surface area contributed by atoms with Crippen LogP contribution in [0.1, 0.15) is 11.1 Å². The smallest absolute Gasteiger partial charge is 0.315 e. The quantitative estimate of drug-likeness (QED) is 0.380. The van der Waals surface area contributed by atoms with Gasteiger partial charge in [-0.05, 0) is 35.4 Å². The van der Waals surface area contributed by atoms with Crippen LogP contribution in [-0.4, -0.2) is 16.2 Å². The molecule has 7 heteroatoms. The van der Waals surface area contributed by atoms with Gasteiger partial charge in [-0.15, -0.1) is 10.1 Å². The van der Waals surface area contributed by atoms with Crippen molar-refractivity contribution in [3.63, 3.8) is 0 Å². The van der Waals surface area contributed by atoms with Crippen LogP contribution in [0.3, 0.4) is 0 Å². The zero-order valence-corrected chi connectivity index (χ0v) is 11.5. The van der Waals surface area contributed by atoms with Gasteiger partial charge in [-0.1, -0.05) is 24.3 Å². The second kappa shape index (κ2) is 7.07. The molecule has 0 unspecified atom stereocenters. The minimum Gasteiger partial charge on any atom is -0.508 e. The minimum absolute atomic E-state index is 0.0667. The van der Waals surface area contributed by atoms with Crippen LogP contribution in [-0.2, 0) is 22.7 Å². The van der Waals surface area contributed by atoms with Crippen molar-refractivity contribution in [2.45, 2.75) is 13.0 Å². The van der Waals surface area contributed by atoms with E-state index >= 15 is 0 Å². The Balaban J connectivity index is 1.88. The van der Waals surface area contributed by atoms with E-state index in [-0.39, 0.29) is 18.8 Å². The summed E-state index contributed by atoms with van der Waals surface area (Å²) in [6.07, 6.45) is 0.0667. The summed E-state index contributed by atoms with van der Waals surface area (Å²) in [6.45, 7) is -0.134. The standard InChI is InChI=1S/C15H13NO6/c17-13-5-7-14(8-6-13)22-15(18)9-11-1-3-12(4-2-11)10-21-16(19)20/h1-8,17H,9-10H2. The zero-order chi connectivity index (χ0) is 15.9. The van der Waals surface area contributed by atoms with Gasteiger partial charge in [0.05, 0.1) is 6.42 Å². The van der Waals surface area contributed by atoms with Gasteiger partial charge in [0.15, 0.2) is 0 Å². The maximum Gasteiger partial charge on any atom is 0.315 e. The Labute approximate surface area is 125 Å². The molecule has 2 rings (SSSR count). The molecule has 2 aromatic carbocycles. The van der Waals surface area contributed by atoms with E-state index in [4.69, 9.17) is 9.84 Å². The number of phenols is 1. The first-order valence-electron chi connectivity index (χ1n) is 6.38. The lowest BCUT2D eigenvalue weighted by atomic mass is 10.1. The van der Waals surface area contributed by atoms with Crippen LogP contribution >= 0.6 is 0 Å². The van der Waals surface area contributed by atoms with Crippen LogP contribution in [0.2, 0.25) is 0 Å². The fourth-order valence-corrected chi connectivity index (χ4v) is 1.73. The molecule has 0 spiro atoms. The molecule has 0 aliphatic heterocycles. The molecule has 0 atom stereocenters. The number of ether oxygens (including phenoxy) is 1. The molecular formula is C15H13NO6. The molecule has 0 bridgehead atoms. The van der Waals surface area contributed by atoms with Crippen molar-refractivity contribution in [3.05, 3.63) is 69.8 Å². The Morgan fingerprint density at radius 2 is 1.64 bits per heavy atom. The fraction of sp³-hybridized carbons (Fsp3) is 0.133. The molecule has 114 valence electrons. The van der Waals surface area contributed by atoms with Crippen LogP contribution in [0.25, 0.3) is 0 Å². The van der Waals surface area contributed by atoms with E-state index in [2.05, 4.69) is 4.84 Å². The Morgan fingerprint density at radius 1 is 1.05 bits per heavy atom. The average molecular weight is 303 g/mol. The van der Waals surface area contributed by atoms with Gasteiger partial charge in [0, 0.05) is 0 Å². The van der Waals surface area contributed by atoms with Gasteiger partial charge in [-0.3, -0.25) is 4.79 Å². The van der Waals surface area contributed by atoms with E-state index in [1.165, 1.54) is 24.3 Å². The molecule has 0 saturated carbocycles. The molecule has 1 N–H and O–H groups in total. The van der Waals surface area contributed by atoms with Crippen LogP contribution in [0, 0.1) is 10.1 Å². The summed E-state index contributed by atoms with van der Waals surface area (Å²) in [7, 11) is 0. The highest BCUT2D eigenvalue weighted by Crippen LogP contribution is 2.16. The zero-order valence-electron chi connectivity index (χ0n) is 11.5. The molecule has 22 heavy (non-hydrogen) atoms. The summed E-state index contributed by atoms with van der Waals surface area (Å²) >= 11 is 0. The number of benzene rings is 2. The molecule has 0 fully saturated rings. The van der Waals surface area contributed by atoms with Crippen molar-refractivity contribution in [2.24, 2.45) is 0 Å². The minimum atomic E-state index is -0.858. The Hall–Kier alpha value is -3.09. The normalized spacial score (nSPS) is 10.0. The Morgan fingerprint density at radius 3 is 2.23 bits per heavy atom. The molecule has 7 nitrogen and oxygen atoms in total. The number of nitrogens with zero attached hydrogens (tertiary/aromatic N) is 1. The van der Waals surface area contributed by atoms with Crippen molar-refractivity contribution in [1.29, 1.82) is 0 Å². The SMILES string of the molecule is O=C(Cc1ccc(CO[N+](=O)[O-])cc1)Oc1ccc(O)cc1. The predicted octanol–water partition coefficient (Wildman–Crippen LogP) is 2.25. The lowest BCUT2D eigenvalue weighted by Gasteiger charge is -2.05. The number of hydrogen-bond donors (Lipinski definition) is 1. The summed E-state index contributed by atoms with van der Waals surface area (Å²) in [5.74, 6) is -0.00823. The van der Waals surface area contributed by atoms with Crippen molar-refractivity contribution >= 4 is 5.97 Å². The molecule has 0 heterocycles. The van der Waals surface area contributed by atoms with Crippen molar-refractivity contribution in [1.82, 2.24) is 0 Å². The van der Waals surface area contributed by atoms with Gasteiger partial charge in [0.1, 0.15) is 18.1 Å². The maximum atomic E-state index is 11.8. The largest absolute Gasteiger partial charge is 0.508 e. The highest BCUT2D eigenvalue weighted by atomic mass is 16.9. The molecule has 2 aromatic rings. The van der Waals surface area contributed by atoms with Gasteiger partial charge in [-0.2, -0.15) is 0 Å². The molecule has 0 saturated heterocycles. The van der Waals surface area contributed by atoms with Crippen molar-refractivity contribution < 1.29 is 24.6 Å². The van der Waals surface area contributed by atoms with Crippen LogP contribution in [0.4, 0.5) is 0 Å². The van der Waals surface area contributed by atoms with E-state index in [1.807, 2.05) is 0 Å². The summed E-state index contributed by atoms with van der Waals surface area (Å²) < 4.78 is 5.12. The number of aromatic hydroxyl groups is 1. The first kappa shape index (κ1) is 15.3. The molecule has 0 aromatic heterocycles. The van der Waals surface area contributed by atoms with E-state index in [0.29, 0.717) is 16.9 Å². The van der Waals surface area contributed by atoms with E-state index in [1.54, 1.807) is 24.3 Å². The number of carbonyl (C=O) groups excluding carboxylic acids is 1. The molecule has 0 aliphatic rings. The van der Waals surface area contributed by atoms with Gasteiger partial charge >= 0.3 is 5.97 Å². The maximum absolute atomic E-state index is 11.8. The van der Waals surface area contributed by atoms with Crippen LogP contribution < -0.4 is 4.74 Å². The summed E-state index contributed by atoms with van der Waals surface area (Å²) in [5.41, 5.74) is 1.35. The third-order valence-electron chi connectivity index (χ3n) is 2.78. The van der Waals surface area contributed by atoms with E-state index in [9.17, 15) is 14.9 Å². The second-order valence-corrected chi connectivity index (χ2v) is 4.46. The van der Waals surface area contributed by atoms with E-state index < -0.39 is 11.1 Å². The third kappa shape index (κ3) is 4.78. The van der Waals surface area contributed by atoms with E-state index in [0.717, 1.165) is 0 Å². The Kier molecular flexibility index (Phi) is 4.92. The van der Waals surface area contributed by atoms with Crippen molar-refractivity contribution in [2.75, 3.05) is 0 Å². The molecule has 0 aliphatic carbocycles. The fourth-order valence-electron chi connectivity index (χ4n) is 1.73. The van der Waals surface area contributed by atoms with Crippen LogP contribution in [0.15, 0.2) is 48.5 Å². The monoisotopic (exact) mass is 303 g/mol. The Bertz CT molecular complexity index is 651.